The van der Waals surface area contributed by atoms with Gasteiger partial charge in [-0.15, -0.1) is 8.80 Å². The van der Waals surface area contributed by atoms with Crippen molar-refractivity contribution < 1.29 is 8.42 Å². The molecule has 1 heterocycles. The van der Waals surface area contributed by atoms with Crippen molar-refractivity contribution >= 4 is 32.9 Å². The predicted molar refractivity (Wildman–Crippen MR) is 62.9 cm³/mol. The van der Waals surface area contributed by atoms with E-state index < -0.39 is 10.2 Å². The van der Waals surface area contributed by atoms with Gasteiger partial charge >= 0.3 is 10.2 Å². The van der Waals surface area contributed by atoms with E-state index in [0.717, 1.165) is 0 Å². The molecular weight excluding hydrogens is 250 g/mol. The molecule has 1 aliphatic heterocycles. The minimum absolute atomic E-state index is 0.117. The number of nitrogens with zero attached hydrogens (tertiary/aromatic N) is 3. The summed E-state index contributed by atoms with van der Waals surface area (Å²) in [4.78, 5) is 1.41. The molecule has 0 spiro atoms. The van der Waals surface area contributed by atoms with Crippen LogP contribution < -0.4 is 0 Å². The second kappa shape index (κ2) is 3.88. The molecule has 1 aromatic carbocycles. The Morgan fingerprint density at radius 2 is 1.81 bits per heavy atom. The van der Waals surface area contributed by atoms with Gasteiger partial charge in [0.05, 0.1) is 0 Å². The largest absolute Gasteiger partial charge is 0.367 e. The molecular formula is C9H8ClN3O2S. The quantitative estimate of drug-likeness (QED) is 0.711. The van der Waals surface area contributed by atoms with Crippen molar-refractivity contribution in [2.75, 3.05) is 7.05 Å². The summed E-state index contributed by atoms with van der Waals surface area (Å²) in [5.41, 5.74) is 0.668. The van der Waals surface area contributed by atoms with E-state index in [-0.39, 0.29) is 11.1 Å². The lowest BCUT2D eigenvalue weighted by Crippen LogP contribution is -2.34. The molecule has 0 unspecified atom stereocenters. The van der Waals surface area contributed by atoms with Gasteiger partial charge in [-0.3, -0.25) is 0 Å². The number of halogens is 1. The van der Waals surface area contributed by atoms with Crippen LogP contribution in [0, 0.1) is 0 Å². The summed E-state index contributed by atoms with van der Waals surface area (Å²) < 4.78 is 29.4. The molecule has 0 atom stereocenters. The molecule has 0 amide bonds. The number of hydrogen-bond donors (Lipinski definition) is 0. The van der Waals surface area contributed by atoms with Gasteiger partial charge in [0.1, 0.15) is 0 Å². The second-order valence-electron chi connectivity index (χ2n) is 3.15. The predicted octanol–water partition coefficient (Wildman–Crippen LogP) is 1.22. The van der Waals surface area contributed by atoms with Crippen LogP contribution in [0.4, 0.5) is 0 Å². The minimum Gasteiger partial charge on any atom is -0.302 e. The Hall–Kier alpha value is -1.40. The van der Waals surface area contributed by atoms with Crippen molar-refractivity contribution in [3.8, 4) is 0 Å². The molecule has 0 N–H and O–H groups in total. The maximum absolute atomic E-state index is 11.3. The third kappa shape index (κ3) is 2.07. The van der Waals surface area contributed by atoms with Crippen molar-refractivity contribution in [3.63, 3.8) is 0 Å². The highest BCUT2D eigenvalue weighted by Crippen LogP contribution is 2.15. The highest BCUT2D eigenvalue weighted by Gasteiger charge is 2.24. The highest BCUT2D eigenvalue weighted by molar-refractivity contribution is 7.89. The fraction of sp³-hybridized carbons (Fsp3) is 0.111. The van der Waals surface area contributed by atoms with E-state index in [2.05, 4.69) is 8.80 Å². The van der Waals surface area contributed by atoms with Crippen LogP contribution >= 0.6 is 11.6 Å². The Morgan fingerprint density at radius 1 is 1.19 bits per heavy atom. The van der Waals surface area contributed by atoms with E-state index in [0.29, 0.717) is 5.56 Å². The van der Waals surface area contributed by atoms with Gasteiger partial charge in [0.2, 0.25) is 5.29 Å². The summed E-state index contributed by atoms with van der Waals surface area (Å²) in [6.45, 7) is 0. The Labute approximate surface area is 98.3 Å². The summed E-state index contributed by atoms with van der Waals surface area (Å²) in [5, 5.41) is -0.117. The molecule has 84 valence electrons. The fourth-order valence-corrected chi connectivity index (χ4v) is 2.41. The van der Waals surface area contributed by atoms with Crippen LogP contribution in [-0.4, -0.2) is 31.5 Å². The van der Waals surface area contributed by atoms with E-state index in [1.54, 1.807) is 31.3 Å². The van der Waals surface area contributed by atoms with Gasteiger partial charge in [0.15, 0.2) is 5.84 Å². The molecule has 2 rings (SSSR count). The van der Waals surface area contributed by atoms with Gasteiger partial charge in [-0.2, -0.15) is 8.42 Å². The molecule has 7 heteroatoms. The molecule has 0 saturated carbocycles. The summed E-state index contributed by atoms with van der Waals surface area (Å²) in [7, 11) is -2.26. The van der Waals surface area contributed by atoms with E-state index in [9.17, 15) is 8.42 Å². The summed E-state index contributed by atoms with van der Waals surface area (Å²) >= 11 is 5.71. The van der Waals surface area contributed by atoms with Gasteiger partial charge in [-0.05, 0) is 11.6 Å². The molecule has 0 aliphatic carbocycles. The van der Waals surface area contributed by atoms with Gasteiger partial charge in [0.25, 0.3) is 0 Å². The lowest BCUT2D eigenvalue weighted by molar-refractivity contribution is 0.595. The zero-order chi connectivity index (χ0) is 11.8. The van der Waals surface area contributed by atoms with Crippen LogP contribution in [0.15, 0.2) is 39.1 Å². The van der Waals surface area contributed by atoms with E-state index in [1.807, 2.05) is 6.07 Å². The maximum Gasteiger partial charge on any atom is 0.367 e. The zero-order valence-electron chi connectivity index (χ0n) is 8.33. The van der Waals surface area contributed by atoms with Crippen LogP contribution in [0.25, 0.3) is 0 Å². The maximum atomic E-state index is 11.3. The van der Waals surface area contributed by atoms with Gasteiger partial charge in [-0.1, -0.05) is 30.3 Å². The molecule has 0 bridgehead atoms. The molecule has 0 aromatic heterocycles. The average Bonchev–Trinajstić information content (AvgIpc) is 2.24. The van der Waals surface area contributed by atoms with Crippen molar-refractivity contribution in [2.24, 2.45) is 8.80 Å². The Kier molecular flexibility index (Phi) is 2.69. The third-order valence-electron chi connectivity index (χ3n) is 2.02. The summed E-state index contributed by atoms with van der Waals surface area (Å²) in [6, 6.07) is 8.91. The van der Waals surface area contributed by atoms with Crippen LogP contribution in [0.5, 0.6) is 0 Å². The van der Waals surface area contributed by atoms with Gasteiger partial charge < -0.3 is 4.90 Å². The van der Waals surface area contributed by atoms with Crippen LogP contribution in [-0.2, 0) is 10.2 Å². The molecule has 0 radical (unpaired) electrons. The van der Waals surface area contributed by atoms with Crippen LogP contribution in [0.2, 0.25) is 0 Å². The van der Waals surface area contributed by atoms with Gasteiger partial charge in [-0.25, -0.2) is 0 Å². The first kappa shape index (κ1) is 11.1. The normalized spacial score (nSPS) is 19.0. The zero-order valence-corrected chi connectivity index (χ0v) is 9.90. The van der Waals surface area contributed by atoms with Crippen molar-refractivity contribution in [3.05, 3.63) is 35.9 Å². The number of amidine groups is 2. The first-order chi connectivity index (χ1) is 7.49. The molecule has 1 aromatic rings. The summed E-state index contributed by atoms with van der Waals surface area (Å²) in [5.74, 6) is 0.264. The first-order valence-electron chi connectivity index (χ1n) is 4.39. The molecule has 5 nitrogen and oxygen atoms in total. The van der Waals surface area contributed by atoms with Crippen LogP contribution in [0.1, 0.15) is 5.56 Å². The number of hydrogen-bond acceptors (Lipinski definition) is 3. The SMILES string of the molecule is CN1C(Cl)=NS(=O)(=O)N=C1c1ccccc1. The molecule has 1 aliphatic rings. The smallest absolute Gasteiger partial charge is 0.302 e. The fourth-order valence-electron chi connectivity index (χ4n) is 1.27. The minimum atomic E-state index is -3.86. The Bertz CT molecular complexity index is 566. The third-order valence-corrected chi connectivity index (χ3v) is 3.26. The summed E-state index contributed by atoms with van der Waals surface area (Å²) in [6.07, 6.45) is 0. The molecule has 16 heavy (non-hydrogen) atoms. The lowest BCUT2D eigenvalue weighted by Gasteiger charge is -2.21. The molecule has 0 saturated heterocycles. The van der Waals surface area contributed by atoms with Crippen molar-refractivity contribution in [2.45, 2.75) is 0 Å². The number of benzene rings is 1. The van der Waals surface area contributed by atoms with Gasteiger partial charge in [0, 0.05) is 12.6 Å². The molecule has 0 fully saturated rings. The van der Waals surface area contributed by atoms with Crippen molar-refractivity contribution in [1.82, 2.24) is 4.90 Å². The Morgan fingerprint density at radius 3 is 2.44 bits per heavy atom. The monoisotopic (exact) mass is 257 g/mol. The van der Waals surface area contributed by atoms with Crippen molar-refractivity contribution in [1.29, 1.82) is 0 Å². The topological polar surface area (TPSA) is 62.1 Å². The van der Waals surface area contributed by atoms with E-state index >= 15 is 0 Å². The highest BCUT2D eigenvalue weighted by atomic mass is 35.5. The lowest BCUT2D eigenvalue weighted by atomic mass is 10.2. The van der Waals surface area contributed by atoms with E-state index in [4.69, 9.17) is 11.6 Å². The number of rotatable bonds is 1. The standard InChI is InChI=1S/C9H8ClN3O2S/c1-13-8(7-5-3-2-4-6-7)11-16(14,15)12-9(13)10/h2-6H,1H3. The second-order valence-corrected chi connectivity index (χ2v) is 4.75. The van der Waals surface area contributed by atoms with E-state index in [1.165, 1.54) is 4.90 Å². The Balaban J connectivity index is 2.54. The van der Waals surface area contributed by atoms with Crippen LogP contribution in [0.3, 0.4) is 0 Å². The first-order valence-corrected chi connectivity index (χ1v) is 6.16. The average molecular weight is 258 g/mol.